The fraction of sp³-hybridized carbons (Fsp3) is 1.00. The summed E-state index contributed by atoms with van der Waals surface area (Å²) in [7, 11) is 2.29. The van der Waals surface area contributed by atoms with Gasteiger partial charge in [-0.1, -0.05) is 0 Å². The first-order valence-corrected chi connectivity index (χ1v) is 1.99. The number of hydrogen-bond donors (Lipinski definition) is 0. The molecule has 0 saturated heterocycles. The van der Waals surface area contributed by atoms with Gasteiger partial charge in [0.25, 0.3) is 0 Å². The van der Waals surface area contributed by atoms with Crippen molar-refractivity contribution in [2.75, 3.05) is 14.1 Å². The van der Waals surface area contributed by atoms with Gasteiger partial charge in [0, 0.05) is 12.3 Å². The standard InChI is InChI=1S/C2H6N3O4/c1-4(7)9-5(2)8-3-6/h1-2H3/q-1. The van der Waals surface area contributed by atoms with E-state index in [1.165, 1.54) is 7.05 Å². The van der Waals surface area contributed by atoms with Crippen molar-refractivity contribution in [3.8, 4) is 0 Å². The van der Waals surface area contributed by atoms with E-state index in [4.69, 9.17) is 0 Å². The first-order chi connectivity index (χ1) is 4.16. The van der Waals surface area contributed by atoms with Crippen LogP contribution < -0.4 is 0 Å². The summed E-state index contributed by atoms with van der Waals surface area (Å²) in [6, 6.07) is 0. The summed E-state index contributed by atoms with van der Waals surface area (Å²) in [4.78, 5) is 17.2. The molecule has 0 saturated carbocycles. The average molecular weight is 136 g/mol. The summed E-state index contributed by atoms with van der Waals surface area (Å²) in [6.45, 7) is 0. The van der Waals surface area contributed by atoms with Crippen molar-refractivity contribution in [2.24, 2.45) is 5.34 Å². The zero-order valence-corrected chi connectivity index (χ0v) is 4.97. The predicted molar refractivity (Wildman–Crippen MR) is 26.9 cm³/mol. The van der Waals surface area contributed by atoms with Gasteiger partial charge >= 0.3 is 0 Å². The lowest BCUT2D eigenvalue weighted by atomic mass is 11.5. The Bertz CT molecular complexity index is 85.9. The Morgan fingerprint density at radius 1 is 1.56 bits per heavy atom. The van der Waals surface area contributed by atoms with Crippen molar-refractivity contribution < 1.29 is 9.88 Å². The summed E-state index contributed by atoms with van der Waals surface area (Å²) in [6.07, 6.45) is 0. The molecule has 0 aliphatic rings. The fourth-order valence-electron chi connectivity index (χ4n) is 0.224. The van der Waals surface area contributed by atoms with Gasteiger partial charge in [0.1, 0.15) is 0 Å². The highest BCUT2D eigenvalue weighted by Crippen LogP contribution is 1.88. The Hall–Kier alpha value is -0.760. The van der Waals surface area contributed by atoms with Crippen molar-refractivity contribution >= 4 is 0 Å². The molecule has 0 radical (unpaired) electrons. The zero-order valence-electron chi connectivity index (χ0n) is 4.97. The van der Waals surface area contributed by atoms with E-state index in [0.29, 0.717) is 5.23 Å². The normalized spacial score (nSPS) is 10.3. The summed E-state index contributed by atoms with van der Waals surface area (Å²) >= 11 is 0. The Labute approximate surface area is 51.1 Å². The minimum atomic E-state index is 0.102. The molecule has 0 aromatic rings. The summed E-state index contributed by atoms with van der Waals surface area (Å²) in [5.41, 5.74) is 0. The van der Waals surface area contributed by atoms with E-state index >= 15 is 0 Å². The minimum absolute atomic E-state index is 0.102. The van der Waals surface area contributed by atoms with Crippen molar-refractivity contribution in [3.63, 3.8) is 0 Å². The molecule has 0 N–H and O–H groups in total. The number of rotatable bonds is 4. The molecule has 9 heavy (non-hydrogen) atoms. The van der Waals surface area contributed by atoms with Gasteiger partial charge in [0.2, 0.25) is 0 Å². The maximum atomic E-state index is 9.96. The Morgan fingerprint density at radius 3 is 2.44 bits per heavy atom. The van der Waals surface area contributed by atoms with Gasteiger partial charge in [-0.3, -0.25) is 0 Å². The van der Waals surface area contributed by atoms with Gasteiger partial charge in [-0.05, 0) is 0 Å². The second-order valence-electron chi connectivity index (χ2n) is 1.12. The van der Waals surface area contributed by atoms with Crippen LogP contribution in [0.4, 0.5) is 0 Å². The minimum Gasteiger partial charge on any atom is -0.761 e. The van der Waals surface area contributed by atoms with Crippen LogP contribution in [0.1, 0.15) is 0 Å². The molecule has 0 fully saturated rings. The smallest absolute Gasteiger partial charge is 0.178 e. The molecule has 0 aliphatic carbocycles. The first-order valence-electron chi connectivity index (χ1n) is 1.99. The lowest BCUT2D eigenvalue weighted by molar-refractivity contribution is -0.429. The van der Waals surface area contributed by atoms with E-state index in [-0.39, 0.29) is 5.23 Å². The van der Waals surface area contributed by atoms with Crippen LogP contribution >= 0.6 is 0 Å². The van der Waals surface area contributed by atoms with Crippen LogP contribution in [0.2, 0.25) is 0 Å². The highest BCUT2D eigenvalue weighted by atomic mass is 17.1. The highest BCUT2D eigenvalue weighted by Gasteiger charge is 1.95. The maximum absolute atomic E-state index is 9.96. The third kappa shape index (κ3) is 5.11. The molecule has 0 aromatic carbocycles. The lowest BCUT2D eigenvalue weighted by Gasteiger charge is -2.22. The molecule has 0 heterocycles. The van der Waals surface area contributed by atoms with Crippen molar-refractivity contribution in [1.82, 2.24) is 10.5 Å². The number of hydrogen-bond acceptors (Lipinski definition) is 7. The van der Waals surface area contributed by atoms with E-state index < -0.39 is 0 Å². The lowest BCUT2D eigenvalue weighted by Crippen LogP contribution is -2.24. The first kappa shape index (κ1) is 8.24. The molecule has 0 aliphatic heterocycles. The molecule has 0 unspecified atom stereocenters. The zero-order chi connectivity index (χ0) is 7.28. The fourth-order valence-corrected chi connectivity index (χ4v) is 0.224. The van der Waals surface area contributed by atoms with E-state index in [2.05, 4.69) is 9.88 Å². The molecular weight excluding hydrogens is 130 g/mol. The van der Waals surface area contributed by atoms with Crippen molar-refractivity contribution in [1.29, 1.82) is 0 Å². The van der Waals surface area contributed by atoms with E-state index in [0.717, 1.165) is 7.05 Å². The van der Waals surface area contributed by atoms with Gasteiger partial charge in [0.15, 0.2) is 5.34 Å². The summed E-state index contributed by atoms with van der Waals surface area (Å²) < 4.78 is 0. The maximum Gasteiger partial charge on any atom is 0.178 e. The molecule has 0 amide bonds. The SMILES string of the molecule is CN([O-])ON(C)ON=O. The Balaban J connectivity index is 3.25. The van der Waals surface area contributed by atoms with E-state index in [1.54, 1.807) is 0 Å². The number of hydroxylamine groups is 4. The van der Waals surface area contributed by atoms with Crippen LogP contribution in [0, 0.1) is 10.1 Å². The molecule has 7 heteroatoms. The third-order valence-corrected chi connectivity index (χ3v) is 0.378. The van der Waals surface area contributed by atoms with Crippen LogP contribution in [0.3, 0.4) is 0 Å². The highest BCUT2D eigenvalue weighted by molar-refractivity contribution is 4.19. The monoisotopic (exact) mass is 136 g/mol. The topological polar surface area (TPSA) is 77.4 Å². The van der Waals surface area contributed by atoms with Gasteiger partial charge < -0.3 is 5.21 Å². The van der Waals surface area contributed by atoms with Crippen LogP contribution in [-0.4, -0.2) is 24.5 Å². The summed E-state index contributed by atoms with van der Waals surface area (Å²) in [5.74, 6) is 0. The van der Waals surface area contributed by atoms with Gasteiger partial charge in [0.05, 0.1) is 7.05 Å². The van der Waals surface area contributed by atoms with E-state index in [9.17, 15) is 10.1 Å². The Kier molecular flexibility index (Phi) is 3.80. The van der Waals surface area contributed by atoms with E-state index in [1.807, 2.05) is 5.34 Å². The molecule has 7 nitrogen and oxygen atoms in total. The molecule has 0 rings (SSSR count). The molecule has 0 atom stereocenters. The van der Waals surface area contributed by atoms with Crippen LogP contribution in [0.25, 0.3) is 0 Å². The van der Waals surface area contributed by atoms with Gasteiger partial charge in [-0.2, -0.15) is 4.94 Å². The number of nitrogens with zero attached hydrogens (tertiary/aromatic N) is 3. The quantitative estimate of drug-likeness (QED) is 0.393. The molecular formula is C2H6N3O4-. The van der Waals surface area contributed by atoms with Crippen LogP contribution in [0.15, 0.2) is 5.34 Å². The second kappa shape index (κ2) is 4.15. The largest absolute Gasteiger partial charge is 0.761 e. The second-order valence-corrected chi connectivity index (χ2v) is 1.12. The Morgan fingerprint density at radius 2 is 2.11 bits per heavy atom. The van der Waals surface area contributed by atoms with Crippen LogP contribution in [0.5, 0.6) is 0 Å². The summed E-state index contributed by atoms with van der Waals surface area (Å²) in [5, 5.41) is 12.5. The molecule has 0 aromatic heterocycles. The van der Waals surface area contributed by atoms with Crippen molar-refractivity contribution in [2.45, 2.75) is 0 Å². The average Bonchev–Trinajstić information content (AvgIpc) is 1.63. The molecule has 54 valence electrons. The predicted octanol–water partition coefficient (Wildman–Crippen LogP) is -0.193. The third-order valence-electron chi connectivity index (χ3n) is 0.378. The molecule has 0 bridgehead atoms. The van der Waals surface area contributed by atoms with Gasteiger partial charge in [-0.15, -0.1) is 4.91 Å². The molecule has 0 spiro atoms. The van der Waals surface area contributed by atoms with Crippen LogP contribution in [-0.2, 0) is 9.88 Å². The van der Waals surface area contributed by atoms with Gasteiger partial charge in [-0.25, -0.2) is 10.2 Å². The van der Waals surface area contributed by atoms with Crippen molar-refractivity contribution in [3.05, 3.63) is 10.1 Å².